The molecule has 12 bridgehead atoms. The van der Waals surface area contributed by atoms with Gasteiger partial charge in [0.1, 0.15) is 42.2 Å². The van der Waals surface area contributed by atoms with Crippen molar-refractivity contribution < 1.29 is 56.4 Å². The number of ketones is 2. The smallest absolute Gasteiger partial charge is 0.377 e. The summed E-state index contributed by atoms with van der Waals surface area (Å²) < 4.78 is 59.3. The first-order chi connectivity index (χ1) is 24.2. The molecule has 1 heterocycles. The van der Waals surface area contributed by atoms with E-state index >= 15 is 0 Å². The van der Waals surface area contributed by atoms with E-state index in [0.29, 0.717) is 82.5 Å². The molecule has 1 aliphatic heterocycles. The minimum Gasteiger partial charge on any atom is -0.462 e. The highest BCUT2D eigenvalue weighted by Gasteiger charge is 2.70. The maximum atomic E-state index is 14.0. The number of halogens is 2. The summed E-state index contributed by atoms with van der Waals surface area (Å²) in [7, 11) is 0. The normalized spacial score (nSPS) is 51.1. The van der Waals surface area contributed by atoms with Crippen molar-refractivity contribution >= 4 is 29.5 Å². The summed E-state index contributed by atoms with van der Waals surface area (Å²) in [6.07, 6.45) is 8.28. The SMILES string of the molecule is CC(F)(F)C(=O)OC12CC3CC(C1)C1(OC(COC(=O)C45CC6CC(C4)C(=O)C(C6)C5)C(COC(=O)C45CC6CC(CC(C6)C4=O)C5)O1)C(C3)C2. The lowest BCUT2D eigenvalue weighted by Gasteiger charge is -2.62. The van der Waals surface area contributed by atoms with Crippen molar-refractivity contribution in [3.05, 3.63) is 0 Å². The number of esters is 3. The molecular formula is C39H48F2O10. The first kappa shape index (κ1) is 33.1. The second kappa shape index (κ2) is 10.8. The van der Waals surface area contributed by atoms with Gasteiger partial charge < -0.3 is 23.7 Å². The van der Waals surface area contributed by atoms with E-state index in [4.69, 9.17) is 23.7 Å². The maximum Gasteiger partial charge on any atom is 0.377 e. The third kappa shape index (κ3) is 4.85. The number of hydrogen-bond acceptors (Lipinski definition) is 10. The molecule has 0 amide bonds. The highest BCUT2D eigenvalue weighted by Crippen LogP contribution is 2.65. The van der Waals surface area contributed by atoms with Crippen LogP contribution in [0.25, 0.3) is 0 Å². The van der Waals surface area contributed by atoms with E-state index in [9.17, 15) is 32.8 Å². The van der Waals surface area contributed by atoms with Gasteiger partial charge in [-0.3, -0.25) is 19.2 Å². The van der Waals surface area contributed by atoms with Gasteiger partial charge in [0, 0.05) is 36.5 Å². The van der Waals surface area contributed by atoms with Gasteiger partial charge >= 0.3 is 23.8 Å². The molecule has 1 spiro atoms. The monoisotopic (exact) mass is 714 g/mol. The maximum absolute atomic E-state index is 14.0. The molecule has 0 aromatic carbocycles. The summed E-state index contributed by atoms with van der Waals surface area (Å²) in [4.78, 5) is 66.5. The van der Waals surface area contributed by atoms with Crippen LogP contribution < -0.4 is 0 Å². The van der Waals surface area contributed by atoms with Crippen molar-refractivity contribution in [3.8, 4) is 0 Å². The third-order valence-electron chi connectivity index (χ3n) is 15.6. The van der Waals surface area contributed by atoms with Gasteiger partial charge in [0.15, 0.2) is 11.6 Å². The van der Waals surface area contributed by atoms with E-state index in [-0.39, 0.29) is 66.3 Å². The van der Waals surface area contributed by atoms with Gasteiger partial charge in [-0.15, -0.1) is 0 Å². The summed E-state index contributed by atoms with van der Waals surface area (Å²) in [5.41, 5.74) is -2.81. The standard InChI is InChI=1S/C39H48F2O10/c1-35(40,41)32(44)51-37-10-22-7-26(15-37)39(27(8-22)16-37)49-28(17-47-33(45)36-9-21-5-24(13-36)30(42)25(6-21)14-36)29(50-39)18-48-34(46)38-11-19-2-20(12-38)4-23(3-19)31(38)43/h19-29H,2-18H2,1H3. The van der Waals surface area contributed by atoms with Gasteiger partial charge in [-0.2, -0.15) is 8.78 Å². The Labute approximate surface area is 295 Å². The molecule has 8 atom stereocenters. The lowest BCUT2D eigenvalue weighted by Crippen LogP contribution is -2.65. The molecule has 13 fully saturated rings. The van der Waals surface area contributed by atoms with E-state index in [0.717, 1.165) is 38.5 Å². The Balaban J connectivity index is 0.888. The van der Waals surface area contributed by atoms with Crippen LogP contribution in [0.5, 0.6) is 0 Å². The summed E-state index contributed by atoms with van der Waals surface area (Å²) in [6.45, 7) is 0.255. The van der Waals surface area contributed by atoms with Crippen molar-refractivity contribution in [1.29, 1.82) is 0 Å². The van der Waals surface area contributed by atoms with E-state index in [1.54, 1.807) is 0 Å². The van der Waals surface area contributed by atoms with E-state index in [2.05, 4.69) is 0 Å². The Bertz CT molecular complexity index is 1540. The summed E-state index contributed by atoms with van der Waals surface area (Å²) in [5.74, 6) is -6.32. The number of hydrogen-bond donors (Lipinski definition) is 0. The van der Waals surface area contributed by atoms with Gasteiger partial charge in [-0.05, 0) is 120 Å². The summed E-state index contributed by atoms with van der Waals surface area (Å²) >= 11 is 0. The van der Waals surface area contributed by atoms with Crippen LogP contribution >= 0.6 is 0 Å². The van der Waals surface area contributed by atoms with Crippen LogP contribution in [0.1, 0.15) is 103 Å². The zero-order chi connectivity index (χ0) is 35.3. The van der Waals surface area contributed by atoms with Crippen LogP contribution in [-0.2, 0) is 47.7 Å². The van der Waals surface area contributed by atoms with Crippen LogP contribution in [0.4, 0.5) is 8.78 Å². The Morgan fingerprint density at radius 1 is 0.686 bits per heavy atom. The fourth-order valence-electron chi connectivity index (χ4n) is 14.2. The van der Waals surface area contributed by atoms with Gasteiger partial charge in [0.2, 0.25) is 0 Å². The van der Waals surface area contributed by atoms with Crippen LogP contribution in [-0.4, -0.2) is 72.2 Å². The predicted octanol–water partition coefficient (Wildman–Crippen LogP) is 5.12. The average molecular weight is 715 g/mol. The fourth-order valence-corrected chi connectivity index (χ4v) is 14.2. The molecule has 0 radical (unpaired) electrons. The highest BCUT2D eigenvalue weighted by molar-refractivity contribution is 6.06. The van der Waals surface area contributed by atoms with Crippen molar-refractivity contribution in [2.24, 2.45) is 64.1 Å². The van der Waals surface area contributed by atoms with E-state index in [1.807, 2.05) is 0 Å². The van der Waals surface area contributed by atoms with Crippen LogP contribution in [0.15, 0.2) is 0 Å². The molecule has 51 heavy (non-hydrogen) atoms. The molecule has 0 N–H and O–H groups in total. The Morgan fingerprint density at radius 2 is 1.22 bits per heavy atom. The molecule has 12 heteroatoms. The number of rotatable bonds is 8. The van der Waals surface area contributed by atoms with Crippen molar-refractivity contribution in [2.75, 3.05) is 13.2 Å². The topological polar surface area (TPSA) is 132 Å². The second-order valence-corrected chi connectivity index (χ2v) is 19.1. The minimum absolute atomic E-state index is 0.0119. The number of Topliss-reactive ketones (excluding diaryl/α,β-unsaturated/α-hetero) is 2. The Morgan fingerprint density at radius 3 is 1.80 bits per heavy atom. The first-order valence-electron chi connectivity index (χ1n) is 19.6. The first-order valence-corrected chi connectivity index (χ1v) is 19.6. The molecule has 8 unspecified atom stereocenters. The zero-order valence-electron chi connectivity index (χ0n) is 29.2. The van der Waals surface area contributed by atoms with Crippen LogP contribution in [0.2, 0.25) is 0 Å². The fraction of sp³-hybridized carbons (Fsp3) is 0.872. The van der Waals surface area contributed by atoms with Gasteiger partial charge in [-0.25, -0.2) is 4.79 Å². The van der Waals surface area contributed by atoms with Gasteiger partial charge in [0.05, 0.1) is 5.41 Å². The van der Waals surface area contributed by atoms with Gasteiger partial charge in [0.25, 0.3) is 0 Å². The molecular weight excluding hydrogens is 666 g/mol. The van der Waals surface area contributed by atoms with Crippen molar-refractivity contribution in [2.45, 2.75) is 133 Å². The lowest BCUT2D eigenvalue weighted by molar-refractivity contribution is -0.326. The molecule has 12 saturated carbocycles. The van der Waals surface area contributed by atoms with Crippen LogP contribution in [0.3, 0.4) is 0 Å². The Kier molecular flexibility index (Phi) is 7.03. The molecule has 10 nitrogen and oxygen atoms in total. The summed E-state index contributed by atoms with van der Waals surface area (Å²) in [5, 5.41) is 0. The molecule has 278 valence electrons. The lowest BCUT2D eigenvalue weighted by atomic mass is 9.49. The molecule has 0 aromatic heterocycles. The third-order valence-corrected chi connectivity index (χ3v) is 15.6. The number of alkyl halides is 2. The predicted molar refractivity (Wildman–Crippen MR) is 169 cm³/mol. The molecule has 13 rings (SSSR count). The van der Waals surface area contributed by atoms with Crippen molar-refractivity contribution in [1.82, 2.24) is 0 Å². The second-order valence-electron chi connectivity index (χ2n) is 19.1. The number of carbonyl (C=O) groups excluding carboxylic acids is 5. The number of carbonyl (C=O) groups is 5. The zero-order valence-corrected chi connectivity index (χ0v) is 29.2. The quantitative estimate of drug-likeness (QED) is 0.190. The molecule has 12 aliphatic carbocycles. The van der Waals surface area contributed by atoms with E-state index in [1.165, 1.54) is 0 Å². The minimum atomic E-state index is -3.60. The molecule has 1 saturated heterocycles. The summed E-state index contributed by atoms with van der Waals surface area (Å²) in [6, 6.07) is 0. The van der Waals surface area contributed by atoms with Crippen molar-refractivity contribution in [3.63, 3.8) is 0 Å². The largest absolute Gasteiger partial charge is 0.462 e. The van der Waals surface area contributed by atoms with Crippen LogP contribution in [0, 0.1) is 64.1 Å². The van der Waals surface area contributed by atoms with Gasteiger partial charge in [-0.1, -0.05) is 0 Å². The molecule has 13 aliphatic rings. The Hall–Kier alpha value is -2.47. The van der Waals surface area contributed by atoms with E-state index < -0.39 is 52.3 Å². The highest BCUT2D eigenvalue weighted by atomic mass is 19.3. The number of ether oxygens (including phenoxy) is 5. The molecule has 0 aromatic rings. The average Bonchev–Trinajstić information content (AvgIpc) is 3.43.